The summed E-state index contributed by atoms with van der Waals surface area (Å²) in [5.41, 5.74) is 3.24. The second-order valence-corrected chi connectivity index (χ2v) is 9.21. The first kappa shape index (κ1) is 26.5. The summed E-state index contributed by atoms with van der Waals surface area (Å²) >= 11 is 0. The van der Waals surface area contributed by atoms with Crippen LogP contribution in [-0.4, -0.2) is 62.3 Å². The maximum Gasteiger partial charge on any atom is 0.407 e. The van der Waals surface area contributed by atoms with Gasteiger partial charge in [0.15, 0.2) is 11.5 Å². The number of alkyl carbamates (subject to hydrolysis) is 1. The van der Waals surface area contributed by atoms with Gasteiger partial charge in [-0.1, -0.05) is 66.7 Å². The van der Waals surface area contributed by atoms with Gasteiger partial charge in [0.1, 0.15) is 6.61 Å². The third kappa shape index (κ3) is 8.81. The number of carbonyl (C=O) groups is 1. The molecular weight excluding hydrogens is 466 g/mol. The van der Waals surface area contributed by atoms with Gasteiger partial charge in [-0.05, 0) is 35.2 Å². The molecule has 4 rings (SSSR count). The highest BCUT2D eigenvalue weighted by Crippen LogP contribution is 2.28. The third-order valence-corrected chi connectivity index (χ3v) is 6.47. The minimum atomic E-state index is -0.453. The van der Waals surface area contributed by atoms with Crippen LogP contribution in [0.4, 0.5) is 4.79 Å². The highest BCUT2D eigenvalue weighted by Gasteiger charge is 2.16. The Labute approximate surface area is 219 Å². The Morgan fingerprint density at radius 2 is 1.49 bits per heavy atom. The van der Waals surface area contributed by atoms with Crippen molar-refractivity contribution >= 4 is 6.09 Å². The van der Waals surface area contributed by atoms with Crippen LogP contribution >= 0.6 is 0 Å². The quantitative estimate of drug-likeness (QED) is 0.361. The van der Waals surface area contributed by atoms with E-state index in [2.05, 4.69) is 45.4 Å². The lowest BCUT2D eigenvalue weighted by Crippen LogP contribution is -2.46. The summed E-state index contributed by atoms with van der Waals surface area (Å²) in [6.45, 7) is 7.57. The van der Waals surface area contributed by atoms with Crippen molar-refractivity contribution in [3.63, 3.8) is 0 Å². The topological polar surface area (TPSA) is 63.3 Å². The number of nitrogens with zero attached hydrogens (tertiary/aromatic N) is 2. The number of carbonyl (C=O) groups excluding carboxylic acids is 1. The molecule has 7 heteroatoms. The summed E-state index contributed by atoms with van der Waals surface area (Å²) in [6, 6.07) is 26.0. The van der Waals surface area contributed by atoms with E-state index in [9.17, 15) is 4.79 Å². The van der Waals surface area contributed by atoms with Crippen molar-refractivity contribution in [2.24, 2.45) is 0 Å². The van der Waals surface area contributed by atoms with E-state index < -0.39 is 6.09 Å². The van der Waals surface area contributed by atoms with Gasteiger partial charge in [-0.3, -0.25) is 4.90 Å². The molecule has 0 spiro atoms. The van der Waals surface area contributed by atoms with E-state index in [0.717, 1.165) is 56.8 Å². The smallest absolute Gasteiger partial charge is 0.407 e. The lowest BCUT2D eigenvalue weighted by Gasteiger charge is -2.34. The lowest BCUT2D eigenvalue weighted by molar-refractivity contribution is 0.121. The normalized spacial score (nSPS) is 14.2. The largest absolute Gasteiger partial charge is 0.493 e. The molecular formula is C30H37N3O4. The molecule has 7 nitrogen and oxygen atoms in total. The van der Waals surface area contributed by atoms with Gasteiger partial charge < -0.3 is 24.4 Å². The van der Waals surface area contributed by atoms with E-state index in [4.69, 9.17) is 14.2 Å². The number of benzene rings is 3. The third-order valence-electron chi connectivity index (χ3n) is 6.47. The summed E-state index contributed by atoms with van der Waals surface area (Å²) in [4.78, 5) is 17.1. The van der Waals surface area contributed by atoms with Gasteiger partial charge in [0.05, 0.1) is 13.7 Å². The second-order valence-electron chi connectivity index (χ2n) is 9.21. The van der Waals surface area contributed by atoms with E-state index in [1.54, 1.807) is 7.11 Å². The number of amides is 1. The number of rotatable bonds is 12. The van der Waals surface area contributed by atoms with Gasteiger partial charge in [0.25, 0.3) is 0 Å². The molecule has 0 unspecified atom stereocenters. The molecule has 1 amide bonds. The van der Waals surface area contributed by atoms with E-state index in [-0.39, 0.29) is 6.61 Å². The van der Waals surface area contributed by atoms with Crippen LogP contribution in [0.5, 0.6) is 11.5 Å². The van der Waals surface area contributed by atoms with Crippen LogP contribution in [0.15, 0.2) is 78.9 Å². The molecule has 1 aliphatic rings. The first-order chi connectivity index (χ1) is 18.2. The molecule has 0 saturated carbocycles. The summed E-state index contributed by atoms with van der Waals surface area (Å²) in [6.07, 6.45) is 0.488. The predicted octanol–water partition coefficient (Wildman–Crippen LogP) is 4.71. The Balaban J connectivity index is 1.15. The van der Waals surface area contributed by atoms with Crippen LogP contribution in [-0.2, 0) is 24.4 Å². The molecule has 1 N–H and O–H groups in total. The zero-order valence-electron chi connectivity index (χ0n) is 21.6. The minimum Gasteiger partial charge on any atom is -0.493 e. The molecule has 0 bridgehead atoms. The van der Waals surface area contributed by atoms with Crippen molar-refractivity contribution in [2.75, 3.05) is 46.4 Å². The minimum absolute atomic E-state index is 0.242. The van der Waals surface area contributed by atoms with Crippen LogP contribution in [0.25, 0.3) is 0 Å². The van der Waals surface area contributed by atoms with Crippen molar-refractivity contribution in [1.29, 1.82) is 0 Å². The van der Waals surface area contributed by atoms with Crippen LogP contribution in [0.2, 0.25) is 0 Å². The molecule has 1 saturated heterocycles. The van der Waals surface area contributed by atoms with Gasteiger partial charge in [-0.2, -0.15) is 0 Å². The standard InChI is InChI=1S/C30H37N3O4/c1-35-28-14-13-27(22-31-30(34)37-24-26-11-6-3-7-12-26)21-29(28)36-20-8-15-32-16-18-33(19-17-32)23-25-9-4-2-5-10-25/h2-7,9-14,21H,8,15-20,22-24H2,1H3,(H,31,34). The van der Waals surface area contributed by atoms with Crippen molar-refractivity contribution in [3.05, 3.63) is 95.6 Å². The van der Waals surface area contributed by atoms with E-state index in [0.29, 0.717) is 24.7 Å². The molecule has 0 aromatic heterocycles. The molecule has 0 radical (unpaired) electrons. The summed E-state index contributed by atoms with van der Waals surface area (Å²) in [5.74, 6) is 1.37. The van der Waals surface area contributed by atoms with Gasteiger partial charge in [0, 0.05) is 45.8 Å². The molecule has 3 aromatic rings. The fourth-order valence-electron chi connectivity index (χ4n) is 4.38. The molecule has 0 atom stereocenters. The predicted molar refractivity (Wildman–Crippen MR) is 145 cm³/mol. The average Bonchev–Trinajstić information content (AvgIpc) is 2.95. The van der Waals surface area contributed by atoms with Crippen LogP contribution in [0.3, 0.4) is 0 Å². The summed E-state index contributed by atoms with van der Waals surface area (Å²) < 4.78 is 16.8. The zero-order valence-corrected chi connectivity index (χ0v) is 21.6. The van der Waals surface area contributed by atoms with Crippen LogP contribution in [0, 0.1) is 0 Å². The number of ether oxygens (including phenoxy) is 3. The van der Waals surface area contributed by atoms with Crippen molar-refractivity contribution < 1.29 is 19.0 Å². The lowest BCUT2D eigenvalue weighted by atomic mass is 10.2. The van der Waals surface area contributed by atoms with Gasteiger partial charge in [-0.25, -0.2) is 4.79 Å². The Hall–Kier alpha value is -3.55. The molecule has 37 heavy (non-hydrogen) atoms. The summed E-state index contributed by atoms with van der Waals surface area (Å²) in [5, 5.41) is 2.79. The van der Waals surface area contributed by atoms with E-state index in [1.165, 1.54) is 5.56 Å². The van der Waals surface area contributed by atoms with Gasteiger partial charge >= 0.3 is 6.09 Å². The van der Waals surface area contributed by atoms with Crippen LogP contribution < -0.4 is 14.8 Å². The first-order valence-corrected chi connectivity index (χ1v) is 12.9. The Kier molecular flexibility index (Phi) is 10.2. The Morgan fingerprint density at radius 3 is 2.19 bits per heavy atom. The van der Waals surface area contributed by atoms with Crippen molar-refractivity contribution in [2.45, 2.75) is 26.1 Å². The number of hydrogen-bond acceptors (Lipinski definition) is 6. The van der Waals surface area contributed by atoms with Gasteiger partial charge in [-0.15, -0.1) is 0 Å². The average molecular weight is 504 g/mol. The number of piperazine rings is 1. The maximum absolute atomic E-state index is 12.1. The van der Waals surface area contributed by atoms with Crippen molar-refractivity contribution in [3.8, 4) is 11.5 Å². The van der Waals surface area contributed by atoms with E-state index in [1.807, 2.05) is 48.5 Å². The molecule has 1 heterocycles. The van der Waals surface area contributed by atoms with Gasteiger partial charge in [0.2, 0.25) is 0 Å². The Morgan fingerprint density at radius 1 is 0.811 bits per heavy atom. The molecule has 1 aliphatic heterocycles. The number of nitrogens with one attached hydrogen (secondary N) is 1. The second kappa shape index (κ2) is 14.3. The zero-order chi connectivity index (χ0) is 25.7. The molecule has 1 fully saturated rings. The highest BCUT2D eigenvalue weighted by molar-refractivity contribution is 5.67. The monoisotopic (exact) mass is 503 g/mol. The Bertz CT molecular complexity index is 1090. The number of hydrogen-bond donors (Lipinski definition) is 1. The molecule has 196 valence electrons. The van der Waals surface area contributed by atoms with Crippen molar-refractivity contribution in [1.82, 2.24) is 15.1 Å². The first-order valence-electron chi connectivity index (χ1n) is 12.9. The fraction of sp³-hybridized carbons (Fsp3) is 0.367. The highest BCUT2D eigenvalue weighted by atomic mass is 16.5. The van der Waals surface area contributed by atoms with E-state index >= 15 is 0 Å². The number of methoxy groups -OCH3 is 1. The molecule has 0 aliphatic carbocycles. The fourth-order valence-corrected chi connectivity index (χ4v) is 4.38. The molecule has 3 aromatic carbocycles. The maximum atomic E-state index is 12.1. The summed E-state index contributed by atoms with van der Waals surface area (Å²) in [7, 11) is 1.63. The SMILES string of the molecule is COc1ccc(CNC(=O)OCc2ccccc2)cc1OCCCN1CCN(Cc2ccccc2)CC1. The van der Waals surface area contributed by atoms with Crippen LogP contribution in [0.1, 0.15) is 23.1 Å².